The first-order chi connectivity index (χ1) is 15.7. The predicted molar refractivity (Wildman–Crippen MR) is 132 cm³/mol. The second-order valence-electron chi connectivity index (χ2n) is 14.9. The number of carbonyl (C=O) groups is 1. The van der Waals surface area contributed by atoms with Crippen molar-refractivity contribution in [1.29, 1.82) is 0 Å². The Morgan fingerprint density at radius 1 is 1.09 bits per heavy atom. The lowest BCUT2D eigenvalue weighted by Gasteiger charge is -2.68. The third-order valence-electron chi connectivity index (χ3n) is 12.4. The lowest BCUT2D eigenvalue weighted by atomic mass is 9.36. The van der Waals surface area contributed by atoms with Crippen molar-refractivity contribution in [1.82, 2.24) is 0 Å². The van der Waals surface area contributed by atoms with Gasteiger partial charge in [0.2, 0.25) is 0 Å². The summed E-state index contributed by atoms with van der Waals surface area (Å²) < 4.78 is 13.6. The van der Waals surface area contributed by atoms with Crippen molar-refractivity contribution in [2.75, 3.05) is 6.61 Å². The van der Waals surface area contributed by atoms with Gasteiger partial charge in [-0.05, 0) is 79.6 Å². The van der Waals surface area contributed by atoms with Crippen LogP contribution in [0, 0.1) is 51.2 Å². The van der Waals surface area contributed by atoms with Crippen LogP contribution in [0.1, 0.15) is 93.4 Å². The fourth-order valence-electron chi connectivity index (χ4n) is 11.2. The molecule has 0 aromatic heterocycles. The average Bonchev–Trinajstić information content (AvgIpc) is 3.22. The molecule has 2 bridgehead atoms. The minimum absolute atomic E-state index is 0.0250. The summed E-state index contributed by atoms with van der Waals surface area (Å²) in [7, 11) is 0. The van der Waals surface area contributed by atoms with Gasteiger partial charge in [-0.3, -0.25) is 4.79 Å². The smallest absolute Gasteiger partial charge is 0.175 e. The van der Waals surface area contributed by atoms with E-state index >= 15 is 0 Å². The third kappa shape index (κ3) is 2.64. The minimum atomic E-state index is -0.756. The molecule has 2 aliphatic heterocycles. The fraction of sp³-hybridized carbons (Fsp3) is 0.900. The maximum atomic E-state index is 12.9. The molecule has 0 aromatic rings. The summed E-state index contributed by atoms with van der Waals surface area (Å²) in [5.41, 5.74) is -0.862. The summed E-state index contributed by atoms with van der Waals surface area (Å²) in [4.78, 5) is 12.9. The average molecular weight is 471 g/mol. The Hall–Kier alpha value is -0.710. The van der Waals surface area contributed by atoms with Gasteiger partial charge < -0.3 is 14.6 Å². The van der Waals surface area contributed by atoms with Gasteiger partial charge in [-0.1, -0.05) is 47.6 Å². The van der Waals surface area contributed by atoms with E-state index < -0.39 is 11.4 Å². The van der Waals surface area contributed by atoms with Crippen molar-refractivity contribution >= 4 is 5.78 Å². The summed E-state index contributed by atoms with van der Waals surface area (Å²) in [5.74, 6) is 1.61. The van der Waals surface area contributed by atoms with Gasteiger partial charge in [0.25, 0.3) is 0 Å². The molecule has 34 heavy (non-hydrogen) atoms. The lowest BCUT2D eigenvalue weighted by Crippen LogP contribution is -2.66. The predicted octanol–water partition coefficient (Wildman–Crippen LogP) is 5.92. The Morgan fingerprint density at radius 3 is 2.53 bits per heavy atom. The number of aliphatic hydroxyl groups is 1. The molecule has 0 amide bonds. The van der Waals surface area contributed by atoms with Crippen molar-refractivity contribution in [3.63, 3.8) is 0 Å². The molecular weight excluding hydrogens is 424 g/mol. The van der Waals surface area contributed by atoms with E-state index in [9.17, 15) is 9.90 Å². The Labute approximate surface area is 206 Å². The fourth-order valence-corrected chi connectivity index (χ4v) is 11.2. The van der Waals surface area contributed by atoms with Crippen LogP contribution in [-0.4, -0.2) is 35.0 Å². The Kier molecular flexibility index (Phi) is 4.72. The van der Waals surface area contributed by atoms with E-state index in [0.717, 1.165) is 38.7 Å². The van der Waals surface area contributed by atoms with Gasteiger partial charge in [-0.15, -0.1) is 0 Å². The number of allylic oxidation sites excluding steroid dienone is 2. The van der Waals surface area contributed by atoms with E-state index in [2.05, 4.69) is 54.5 Å². The van der Waals surface area contributed by atoms with Crippen LogP contribution in [0.15, 0.2) is 12.2 Å². The van der Waals surface area contributed by atoms with Crippen molar-refractivity contribution < 1.29 is 19.4 Å². The molecular formula is C30H46O4. The molecule has 2 heterocycles. The van der Waals surface area contributed by atoms with Gasteiger partial charge in [-0.2, -0.15) is 0 Å². The van der Waals surface area contributed by atoms with Crippen LogP contribution in [-0.2, 0) is 14.3 Å². The van der Waals surface area contributed by atoms with E-state index in [-0.39, 0.29) is 33.7 Å². The lowest BCUT2D eigenvalue weighted by molar-refractivity contribution is -0.346. The van der Waals surface area contributed by atoms with Crippen LogP contribution >= 0.6 is 0 Å². The molecule has 4 heteroatoms. The highest BCUT2D eigenvalue weighted by Crippen LogP contribution is 2.79. The number of fused-ring (bicyclic) bond motifs is 4. The van der Waals surface area contributed by atoms with Crippen LogP contribution in [0.5, 0.6) is 0 Å². The molecule has 2 unspecified atom stereocenters. The molecule has 4 nitrogen and oxygen atoms in total. The molecule has 6 aliphatic rings. The van der Waals surface area contributed by atoms with Gasteiger partial charge in [0.05, 0.1) is 18.3 Å². The Balaban J connectivity index is 1.41. The van der Waals surface area contributed by atoms with E-state index in [1.54, 1.807) is 0 Å². The normalized spacial score (nSPS) is 57.2. The summed E-state index contributed by atoms with van der Waals surface area (Å²) in [5, 5.41) is 11.9. The van der Waals surface area contributed by atoms with Gasteiger partial charge in [0.15, 0.2) is 11.6 Å². The standard InChI is InChI=1S/C30H46O4/c1-18(2)14-19-15-28(7,32)24-20-8-9-22-26(5)12-11-23(31)25(3,4)21(26)10-13-27(22,6)29(20)16-30(24,34-19)33-17-29/h11-12,18-22,24,32H,8-10,13-17H2,1-7H3/t19?,20-,21+,22-,24?,26+,27-,28+,29+,30+/m1/s1. The van der Waals surface area contributed by atoms with Crippen molar-refractivity contribution in [2.45, 2.75) is 111 Å². The number of rotatable bonds is 2. The number of ketones is 1. The number of carbonyl (C=O) groups excluding carboxylic acids is 1. The van der Waals surface area contributed by atoms with Crippen LogP contribution in [0.2, 0.25) is 0 Å². The molecule has 2 saturated heterocycles. The zero-order valence-electron chi connectivity index (χ0n) is 22.4. The van der Waals surface area contributed by atoms with E-state index in [0.29, 0.717) is 35.9 Å². The number of ether oxygens (including phenoxy) is 2. The van der Waals surface area contributed by atoms with E-state index in [1.165, 1.54) is 6.42 Å². The van der Waals surface area contributed by atoms with E-state index in [1.807, 2.05) is 6.08 Å². The molecule has 4 aliphatic carbocycles. The van der Waals surface area contributed by atoms with Gasteiger partial charge in [0, 0.05) is 29.6 Å². The van der Waals surface area contributed by atoms with Crippen LogP contribution in [0.25, 0.3) is 0 Å². The monoisotopic (exact) mass is 470 g/mol. The Bertz CT molecular complexity index is 934. The summed E-state index contributed by atoms with van der Waals surface area (Å²) in [6.45, 7) is 16.6. The zero-order valence-corrected chi connectivity index (χ0v) is 22.4. The maximum Gasteiger partial charge on any atom is 0.175 e. The second kappa shape index (κ2) is 6.78. The van der Waals surface area contributed by atoms with Crippen LogP contribution in [0.3, 0.4) is 0 Å². The third-order valence-corrected chi connectivity index (χ3v) is 12.4. The molecule has 1 N–H and O–H groups in total. The summed E-state index contributed by atoms with van der Waals surface area (Å²) in [6.07, 6.45) is 11.4. The van der Waals surface area contributed by atoms with Gasteiger partial charge >= 0.3 is 0 Å². The molecule has 0 radical (unpaired) electrons. The van der Waals surface area contributed by atoms with Crippen molar-refractivity contribution in [3.05, 3.63) is 12.2 Å². The molecule has 0 aromatic carbocycles. The molecule has 190 valence electrons. The summed E-state index contributed by atoms with van der Waals surface area (Å²) >= 11 is 0. The highest BCUT2D eigenvalue weighted by atomic mass is 16.7. The summed E-state index contributed by atoms with van der Waals surface area (Å²) in [6, 6.07) is 0. The SMILES string of the molecule is CC(C)CC1C[C@](C)(O)C2[C@H]3CC[C@@H]4[C@@]5(C)C=CC(=O)C(C)(C)[C@@H]5CC[C@@]4(C)[C@@]34CO[C@@]2(C4)O1. The quantitative estimate of drug-likeness (QED) is 0.544. The second-order valence-corrected chi connectivity index (χ2v) is 14.9. The first-order valence-electron chi connectivity index (χ1n) is 14.0. The molecule has 5 fully saturated rings. The molecule has 10 atom stereocenters. The Morgan fingerprint density at radius 2 is 1.82 bits per heavy atom. The van der Waals surface area contributed by atoms with Crippen LogP contribution < -0.4 is 0 Å². The van der Waals surface area contributed by atoms with Gasteiger partial charge in [0.1, 0.15) is 0 Å². The largest absolute Gasteiger partial charge is 0.390 e. The van der Waals surface area contributed by atoms with Crippen molar-refractivity contribution in [3.8, 4) is 0 Å². The molecule has 2 spiro atoms. The highest BCUT2D eigenvalue weighted by Gasteiger charge is 2.80. The minimum Gasteiger partial charge on any atom is -0.390 e. The molecule has 3 saturated carbocycles. The first kappa shape index (κ1) is 23.7. The van der Waals surface area contributed by atoms with Crippen molar-refractivity contribution in [2.24, 2.45) is 51.2 Å². The van der Waals surface area contributed by atoms with Crippen LogP contribution in [0.4, 0.5) is 0 Å². The number of hydrogen-bond donors (Lipinski definition) is 1. The highest BCUT2D eigenvalue weighted by molar-refractivity contribution is 5.95. The zero-order chi connectivity index (χ0) is 24.5. The van der Waals surface area contributed by atoms with E-state index in [4.69, 9.17) is 9.47 Å². The van der Waals surface area contributed by atoms with Gasteiger partial charge in [-0.25, -0.2) is 0 Å². The molecule has 6 rings (SSSR count). The number of hydrogen-bond acceptors (Lipinski definition) is 4. The maximum absolute atomic E-state index is 12.9. The first-order valence-corrected chi connectivity index (χ1v) is 14.0. The topological polar surface area (TPSA) is 55.8 Å².